The molecule has 0 aliphatic carbocycles. The molecule has 3 heteroatoms. The van der Waals surface area contributed by atoms with Crippen molar-refractivity contribution in [1.82, 2.24) is 5.32 Å². The van der Waals surface area contributed by atoms with Gasteiger partial charge in [0, 0.05) is 0 Å². The number of rotatable bonds is 2. The molecule has 16 heavy (non-hydrogen) atoms. The van der Waals surface area contributed by atoms with Crippen LogP contribution in [-0.4, -0.2) is 19.9 Å². The molecule has 0 bridgehead atoms. The predicted octanol–water partition coefficient (Wildman–Crippen LogP) is 1.96. The summed E-state index contributed by atoms with van der Waals surface area (Å²) in [4.78, 5) is 0. The van der Waals surface area contributed by atoms with E-state index in [1.165, 1.54) is 24.9 Å². The van der Waals surface area contributed by atoms with E-state index in [1.54, 1.807) is 0 Å². The van der Waals surface area contributed by atoms with Gasteiger partial charge < -0.3 is 14.8 Å². The molecule has 2 aliphatic heterocycles. The van der Waals surface area contributed by atoms with Crippen molar-refractivity contribution < 1.29 is 9.47 Å². The molecule has 0 amide bonds. The Morgan fingerprint density at radius 3 is 3.06 bits per heavy atom. The number of fused-ring (bicyclic) bond motifs is 1. The van der Waals surface area contributed by atoms with Crippen molar-refractivity contribution >= 4 is 0 Å². The van der Waals surface area contributed by atoms with Gasteiger partial charge in [-0.15, -0.1) is 0 Å². The van der Waals surface area contributed by atoms with Gasteiger partial charge >= 0.3 is 0 Å². The van der Waals surface area contributed by atoms with E-state index in [9.17, 15) is 0 Å². The standard InChI is InChI=1S/C13H17NO2/c1-2-11(8-14-5-1)6-10-3-4-12-13(7-10)16-9-15-12/h3-4,7,11,14H,1-2,5-6,8-9H2/t11-/m0/s1. The first kappa shape index (κ1) is 9.97. The maximum absolute atomic E-state index is 5.39. The van der Waals surface area contributed by atoms with Crippen molar-refractivity contribution in [3.63, 3.8) is 0 Å². The van der Waals surface area contributed by atoms with Gasteiger partial charge in [-0.05, 0) is 56.0 Å². The van der Waals surface area contributed by atoms with Gasteiger partial charge in [-0.2, -0.15) is 0 Å². The maximum atomic E-state index is 5.39. The molecule has 0 unspecified atom stereocenters. The minimum Gasteiger partial charge on any atom is -0.454 e. The van der Waals surface area contributed by atoms with Gasteiger partial charge in [-0.25, -0.2) is 0 Å². The summed E-state index contributed by atoms with van der Waals surface area (Å²) in [5.74, 6) is 2.56. The summed E-state index contributed by atoms with van der Waals surface area (Å²) >= 11 is 0. The van der Waals surface area contributed by atoms with Crippen LogP contribution in [0.1, 0.15) is 18.4 Å². The maximum Gasteiger partial charge on any atom is 0.231 e. The van der Waals surface area contributed by atoms with Crippen molar-refractivity contribution in [1.29, 1.82) is 0 Å². The molecule has 86 valence electrons. The molecule has 3 nitrogen and oxygen atoms in total. The Kier molecular flexibility index (Phi) is 2.70. The topological polar surface area (TPSA) is 30.5 Å². The number of ether oxygens (including phenoxy) is 2. The lowest BCUT2D eigenvalue weighted by atomic mass is 9.92. The van der Waals surface area contributed by atoms with Gasteiger partial charge in [0.25, 0.3) is 0 Å². The van der Waals surface area contributed by atoms with Gasteiger partial charge in [-0.1, -0.05) is 6.07 Å². The Balaban J connectivity index is 1.69. The van der Waals surface area contributed by atoms with Crippen LogP contribution in [0.5, 0.6) is 11.5 Å². The molecule has 0 spiro atoms. The minimum atomic E-state index is 0.365. The van der Waals surface area contributed by atoms with Crippen LogP contribution in [0.25, 0.3) is 0 Å². The van der Waals surface area contributed by atoms with Gasteiger partial charge in [0.15, 0.2) is 11.5 Å². The largest absolute Gasteiger partial charge is 0.454 e. The fourth-order valence-electron chi connectivity index (χ4n) is 2.50. The highest BCUT2D eigenvalue weighted by Crippen LogP contribution is 2.33. The number of benzene rings is 1. The predicted molar refractivity (Wildman–Crippen MR) is 61.9 cm³/mol. The van der Waals surface area contributed by atoms with E-state index in [4.69, 9.17) is 9.47 Å². The van der Waals surface area contributed by atoms with E-state index >= 15 is 0 Å². The third kappa shape index (κ3) is 2.00. The second kappa shape index (κ2) is 4.34. The number of hydrogen-bond donors (Lipinski definition) is 1. The van der Waals surface area contributed by atoms with Crippen LogP contribution in [0.2, 0.25) is 0 Å². The lowest BCUT2D eigenvalue weighted by Gasteiger charge is -2.22. The normalized spacial score (nSPS) is 23.4. The zero-order chi connectivity index (χ0) is 10.8. The summed E-state index contributed by atoms with van der Waals surface area (Å²) in [5.41, 5.74) is 1.36. The molecular formula is C13H17NO2. The SMILES string of the molecule is c1cc2c(cc1C[C@@H]1CCCNC1)OCO2. The first-order chi connectivity index (χ1) is 7.92. The molecule has 1 saturated heterocycles. The molecule has 0 saturated carbocycles. The van der Waals surface area contributed by atoms with E-state index in [0.717, 1.165) is 30.4 Å². The van der Waals surface area contributed by atoms with E-state index in [2.05, 4.69) is 17.4 Å². The second-order valence-corrected chi connectivity index (χ2v) is 4.60. The molecule has 0 radical (unpaired) electrons. The van der Waals surface area contributed by atoms with Gasteiger partial charge in [0.2, 0.25) is 6.79 Å². The summed E-state index contributed by atoms with van der Waals surface area (Å²) in [7, 11) is 0. The van der Waals surface area contributed by atoms with Gasteiger partial charge in [-0.3, -0.25) is 0 Å². The van der Waals surface area contributed by atoms with Crippen LogP contribution >= 0.6 is 0 Å². The Morgan fingerprint density at radius 2 is 2.19 bits per heavy atom. The first-order valence-electron chi connectivity index (χ1n) is 6.01. The van der Waals surface area contributed by atoms with Crippen LogP contribution in [0.15, 0.2) is 18.2 Å². The van der Waals surface area contributed by atoms with Crippen LogP contribution in [-0.2, 0) is 6.42 Å². The average molecular weight is 219 g/mol. The molecule has 3 rings (SSSR count). The fraction of sp³-hybridized carbons (Fsp3) is 0.538. The quantitative estimate of drug-likeness (QED) is 0.824. The van der Waals surface area contributed by atoms with Crippen LogP contribution in [0.4, 0.5) is 0 Å². The first-order valence-corrected chi connectivity index (χ1v) is 6.01. The Labute approximate surface area is 95.8 Å². The van der Waals surface area contributed by atoms with Crippen LogP contribution in [0.3, 0.4) is 0 Å². The number of hydrogen-bond acceptors (Lipinski definition) is 3. The van der Waals surface area contributed by atoms with Crippen molar-refractivity contribution in [2.75, 3.05) is 19.9 Å². The van der Waals surface area contributed by atoms with Crippen molar-refractivity contribution in [3.8, 4) is 11.5 Å². The Bertz CT molecular complexity index is 372. The third-order valence-electron chi connectivity index (χ3n) is 3.36. The second-order valence-electron chi connectivity index (χ2n) is 4.60. The smallest absolute Gasteiger partial charge is 0.231 e. The fourth-order valence-corrected chi connectivity index (χ4v) is 2.50. The van der Waals surface area contributed by atoms with Gasteiger partial charge in [0.1, 0.15) is 0 Å². The molecule has 2 aliphatic rings. The molecule has 1 N–H and O–H groups in total. The Morgan fingerprint density at radius 1 is 1.25 bits per heavy atom. The lowest BCUT2D eigenvalue weighted by molar-refractivity contribution is 0.174. The van der Waals surface area contributed by atoms with Gasteiger partial charge in [0.05, 0.1) is 0 Å². The molecule has 1 fully saturated rings. The highest BCUT2D eigenvalue weighted by atomic mass is 16.7. The number of piperidine rings is 1. The summed E-state index contributed by atoms with van der Waals surface area (Å²) in [5, 5.41) is 3.45. The van der Waals surface area contributed by atoms with Crippen molar-refractivity contribution in [2.24, 2.45) is 5.92 Å². The summed E-state index contributed by atoms with van der Waals surface area (Å²) in [6, 6.07) is 6.30. The number of nitrogens with one attached hydrogen (secondary N) is 1. The van der Waals surface area contributed by atoms with E-state index in [1.807, 2.05) is 6.07 Å². The van der Waals surface area contributed by atoms with Crippen LogP contribution in [0, 0.1) is 5.92 Å². The zero-order valence-corrected chi connectivity index (χ0v) is 9.37. The summed E-state index contributed by atoms with van der Waals surface area (Å²) < 4.78 is 10.7. The Hall–Kier alpha value is -1.22. The molecule has 1 aromatic carbocycles. The summed E-state index contributed by atoms with van der Waals surface area (Å²) in [6.45, 7) is 2.69. The lowest BCUT2D eigenvalue weighted by Crippen LogP contribution is -2.30. The molecule has 1 aromatic rings. The summed E-state index contributed by atoms with van der Waals surface area (Å²) in [6.07, 6.45) is 3.78. The minimum absolute atomic E-state index is 0.365. The van der Waals surface area contributed by atoms with Crippen molar-refractivity contribution in [2.45, 2.75) is 19.3 Å². The third-order valence-corrected chi connectivity index (χ3v) is 3.36. The van der Waals surface area contributed by atoms with E-state index in [0.29, 0.717) is 6.79 Å². The van der Waals surface area contributed by atoms with Crippen LogP contribution < -0.4 is 14.8 Å². The average Bonchev–Trinajstić information content (AvgIpc) is 2.77. The van der Waals surface area contributed by atoms with E-state index in [-0.39, 0.29) is 0 Å². The highest BCUT2D eigenvalue weighted by molar-refractivity contribution is 5.44. The molecule has 0 aromatic heterocycles. The van der Waals surface area contributed by atoms with E-state index < -0.39 is 0 Å². The molecule has 1 atom stereocenters. The molecular weight excluding hydrogens is 202 g/mol. The van der Waals surface area contributed by atoms with Crippen molar-refractivity contribution in [3.05, 3.63) is 23.8 Å². The molecule has 2 heterocycles. The highest BCUT2D eigenvalue weighted by Gasteiger charge is 2.17. The monoisotopic (exact) mass is 219 g/mol. The zero-order valence-electron chi connectivity index (χ0n) is 9.37.